The summed E-state index contributed by atoms with van der Waals surface area (Å²) < 4.78 is 5.31. The van der Waals surface area contributed by atoms with E-state index in [1.807, 2.05) is 6.07 Å². The molecular weight excluding hydrogens is 260 g/mol. The van der Waals surface area contributed by atoms with E-state index in [-0.39, 0.29) is 0 Å². The highest BCUT2D eigenvalue weighted by molar-refractivity contribution is 5.28. The molecule has 0 bridgehead atoms. The lowest BCUT2D eigenvalue weighted by Crippen LogP contribution is -2.50. The van der Waals surface area contributed by atoms with Crippen molar-refractivity contribution < 1.29 is 4.74 Å². The summed E-state index contributed by atoms with van der Waals surface area (Å²) >= 11 is 0. The van der Waals surface area contributed by atoms with E-state index in [0.29, 0.717) is 0 Å². The zero-order valence-electron chi connectivity index (χ0n) is 13.3. The molecule has 0 aromatic heterocycles. The maximum absolute atomic E-state index is 5.31. The molecule has 1 saturated heterocycles. The van der Waals surface area contributed by atoms with Crippen molar-refractivity contribution in [3.63, 3.8) is 0 Å². The maximum atomic E-state index is 5.31. The van der Waals surface area contributed by atoms with Crippen molar-refractivity contribution in [1.29, 1.82) is 0 Å². The van der Waals surface area contributed by atoms with Crippen LogP contribution >= 0.6 is 0 Å². The number of rotatable bonds is 4. The number of ether oxygens (including phenoxy) is 1. The van der Waals surface area contributed by atoms with Crippen LogP contribution in [0.2, 0.25) is 0 Å². The van der Waals surface area contributed by atoms with Crippen LogP contribution in [-0.2, 0) is 6.54 Å². The van der Waals surface area contributed by atoms with Crippen molar-refractivity contribution in [2.24, 2.45) is 0 Å². The van der Waals surface area contributed by atoms with Gasteiger partial charge in [0.2, 0.25) is 0 Å². The summed E-state index contributed by atoms with van der Waals surface area (Å²) in [7, 11) is 1.74. The van der Waals surface area contributed by atoms with Gasteiger partial charge >= 0.3 is 0 Å². The molecule has 2 fully saturated rings. The van der Waals surface area contributed by atoms with Gasteiger partial charge in [0.1, 0.15) is 5.75 Å². The number of methoxy groups -OCH3 is 1. The number of hydrogen-bond acceptors (Lipinski definition) is 3. The molecular formula is C18H28N2O. The molecule has 116 valence electrons. The van der Waals surface area contributed by atoms with Crippen LogP contribution in [0.3, 0.4) is 0 Å². The fourth-order valence-corrected chi connectivity index (χ4v) is 3.76. The summed E-state index contributed by atoms with van der Waals surface area (Å²) in [6.45, 7) is 5.94. The molecule has 0 spiro atoms. The van der Waals surface area contributed by atoms with Crippen molar-refractivity contribution in [3.8, 4) is 5.75 Å². The predicted molar refractivity (Wildman–Crippen MR) is 86.7 cm³/mol. The molecule has 1 aromatic rings. The molecule has 1 aliphatic heterocycles. The summed E-state index contributed by atoms with van der Waals surface area (Å²) in [4.78, 5) is 5.31. The van der Waals surface area contributed by atoms with Gasteiger partial charge in [0, 0.05) is 38.8 Å². The fraction of sp³-hybridized carbons (Fsp3) is 0.667. The molecule has 1 saturated carbocycles. The Kier molecular flexibility index (Phi) is 5.15. The smallest absolute Gasteiger partial charge is 0.119 e. The van der Waals surface area contributed by atoms with E-state index in [4.69, 9.17) is 4.74 Å². The summed E-state index contributed by atoms with van der Waals surface area (Å²) in [6.07, 6.45) is 7.18. The van der Waals surface area contributed by atoms with Crippen molar-refractivity contribution in [3.05, 3.63) is 29.8 Å². The second-order valence-electron chi connectivity index (χ2n) is 6.46. The van der Waals surface area contributed by atoms with Crippen LogP contribution in [0.15, 0.2) is 24.3 Å². The second kappa shape index (κ2) is 7.28. The average Bonchev–Trinajstić information content (AvgIpc) is 2.56. The topological polar surface area (TPSA) is 15.7 Å². The van der Waals surface area contributed by atoms with E-state index in [9.17, 15) is 0 Å². The van der Waals surface area contributed by atoms with Gasteiger partial charge in [0.25, 0.3) is 0 Å². The Morgan fingerprint density at radius 1 is 1.05 bits per heavy atom. The van der Waals surface area contributed by atoms with Gasteiger partial charge in [-0.3, -0.25) is 9.80 Å². The van der Waals surface area contributed by atoms with Crippen molar-refractivity contribution in [2.75, 3.05) is 33.3 Å². The minimum absolute atomic E-state index is 0.873. The first-order valence-electron chi connectivity index (χ1n) is 8.44. The number of hydrogen-bond donors (Lipinski definition) is 0. The van der Waals surface area contributed by atoms with E-state index < -0.39 is 0 Å². The standard InChI is InChI=1S/C18H28N2O/c1-21-18-9-5-6-16(14-18)15-19-10-12-20(13-11-19)17-7-3-2-4-8-17/h5-6,9,14,17H,2-4,7-8,10-13,15H2,1H3. The van der Waals surface area contributed by atoms with E-state index in [0.717, 1.165) is 18.3 Å². The van der Waals surface area contributed by atoms with Crippen molar-refractivity contribution >= 4 is 0 Å². The largest absolute Gasteiger partial charge is 0.497 e. The molecule has 1 aliphatic carbocycles. The molecule has 0 atom stereocenters. The van der Waals surface area contributed by atoms with Crippen molar-refractivity contribution in [2.45, 2.75) is 44.7 Å². The van der Waals surface area contributed by atoms with Crippen LogP contribution in [0.4, 0.5) is 0 Å². The van der Waals surface area contributed by atoms with E-state index in [2.05, 4.69) is 28.0 Å². The summed E-state index contributed by atoms with van der Waals surface area (Å²) in [5, 5.41) is 0. The van der Waals surface area contributed by atoms with Crippen molar-refractivity contribution in [1.82, 2.24) is 9.80 Å². The highest BCUT2D eigenvalue weighted by Crippen LogP contribution is 2.24. The normalized spacial score (nSPS) is 22.3. The third kappa shape index (κ3) is 3.98. The van der Waals surface area contributed by atoms with Gasteiger partial charge in [0.15, 0.2) is 0 Å². The van der Waals surface area contributed by atoms with Gasteiger partial charge < -0.3 is 4.74 Å². The molecule has 3 nitrogen and oxygen atoms in total. The summed E-state index contributed by atoms with van der Waals surface area (Å²) in [6, 6.07) is 9.35. The molecule has 0 N–H and O–H groups in total. The Morgan fingerprint density at radius 2 is 1.81 bits per heavy atom. The molecule has 0 radical (unpaired) electrons. The Bertz CT molecular complexity index is 435. The fourth-order valence-electron chi connectivity index (χ4n) is 3.76. The lowest BCUT2D eigenvalue weighted by molar-refractivity contribution is 0.0755. The quantitative estimate of drug-likeness (QED) is 0.846. The zero-order chi connectivity index (χ0) is 14.5. The number of benzene rings is 1. The summed E-state index contributed by atoms with van der Waals surface area (Å²) in [5.74, 6) is 0.966. The minimum Gasteiger partial charge on any atom is -0.497 e. The van der Waals surface area contributed by atoms with E-state index in [1.165, 1.54) is 63.8 Å². The highest BCUT2D eigenvalue weighted by atomic mass is 16.5. The first-order chi connectivity index (χ1) is 10.3. The number of nitrogens with zero attached hydrogens (tertiary/aromatic N) is 2. The Hall–Kier alpha value is -1.06. The van der Waals surface area contributed by atoms with Crippen LogP contribution < -0.4 is 4.74 Å². The molecule has 21 heavy (non-hydrogen) atoms. The second-order valence-corrected chi connectivity index (χ2v) is 6.46. The van der Waals surface area contributed by atoms with E-state index >= 15 is 0 Å². The third-order valence-corrected chi connectivity index (χ3v) is 5.04. The van der Waals surface area contributed by atoms with Crippen LogP contribution in [0.1, 0.15) is 37.7 Å². The first-order valence-corrected chi connectivity index (χ1v) is 8.44. The Morgan fingerprint density at radius 3 is 2.52 bits per heavy atom. The molecule has 2 aliphatic rings. The lowest BCUT2D eigenvalue weighted by atomic mass is 9.94. The SMILES string of the molecule is COc1cccc(CN2CCN(C3CCCCC3)CC2)c1. The van der Waals surface area contributed by atoms with Gasteiger partial charge in [-0.1, -0.05) is 31.4 Å². The van der Waals surface area contributed by atoms with Gasteiger partial charge in [-0.05, 0) is 30.5 Å². The maximum Gasteiger partial charge on any atom is 0.119 e. The monoisotopic (exact) mass is 288 g/mol. The third-order valence-electron chi connectivity index (χ3n) is 5.04. The molecule has 3 rings (SSSR count). The predicted octanol–water partition coefficient (Wildman–Crippen LogP) is 3.15. The van der Waals surface area contributed by atoms with Crippen LogP contribution in [0.5, 0.6) is 5.75 Å². The Balaban J connectivity index is 1.48. The molecule has 3 heteroatoms. The van der Waals surface area contributed by atoms with Crippen LogP contribution in [-0.4, -0.2) is 49.1 Å². The van der Waals surface area contributed by atoms with Gasteiger partial charge in [-0.15, -0.1) is 0 Å². The lowest BCUT2D eigenvalue weighted by Gasteiger charge is -2.40. The highest BCUT2D eigenvalue weighted by Gasteiger charge is 2.24. The number of piperazine rings is 1. The van der Waals surface area contributed by atoms with Crippen LogP contribution in [0.25, 0.3) is 0 Å². The average molecular weight is 288 g/mol. The Labute approximate surface area is 128 Å². The molecule has 0 amide bonds. The molecule has 1 aromatic carbocycles. The summed E-state index contributed by atoms with van der Waals surface area (Å²) in [5.41, 5.74) is 1.36. The molecule has 0 unspecified atom stereocenters. The van der Waals surface area contributed by atoms with Gasteiger partial charge in [0.05, 0.1) is 7.11 Å². The van der Waals surface area contributed by atoms with Crippen LogP contribution in [0, 0.1) is 0 Å². The zero-order valence-corrected chi connectivity index (χ0v) is 13.3. The van der Waals surface area contributed by atoms with Gasteiger partial charge in [-0.2, -0.15) is 0 Å². The van der Waals surface area contributed by atoms with E-state index in [1.54, 1.807) is 7.11 Å². The molecule has 1 heterocycles. The minimum atomic E-state index is 0.873. The van der Waals surface area contributed by atoms with Gasteiger partial charge in [-0.25, -0.2) is 0 Å². The first kappa shape index (κ1) is 14.9.